The van der Waals surface area contributed by atoms with Crippen molar-refractivity contribution >= 4 is 33.0 Å². The molecule has 0 saturated carbocycles. The maximum Gasteiger partial charge on any atom is 0.137 e. The molecule has 12 heavy (non-hydrogen) atoms. The van der Waals surface area contributed by atoms with Gasteiger partial charge in [-0.3, -0.25) is 0 Å². The first-order chi connectivity index (χ1) is 5.81. The van der Waals surface area contributed by atoms with Crippen LogP contribution in [0, 0.1) is 0 Å². The number of hydrogen-bond donors (Lipinski definition) is 0. The van der Waals surface area contributed by atoms with Crippen LogP contribution in [0.15, 0.2) is 23.6 Å². The van der Waals surface area contributed by atoms with Crippen LogP contribution in [0.4, 0.5) is 0 Å². The first kappa shape index (κ1) is 7.90. The average Bonchev–Trinajstić information content (AvgIpc) is 2.46. The lowest BCUT2D eigenvalue weighted by molar-refractivity contribution is 0.421. The second-order valence-corrected chi connectivity index (χ2v) is 3.79. The van der Waals surface area contributed by atoms with E-state index in [9.17, 15) is 0 Å². The van der Waals surface area contributed by atoms with Crippen molar-refractivity contribution in [1.82, 2.24) is 0 Å². The minimum atomic E-state index is 0.749. The topological polar surface area (TPSA) is 9.23 Å². The summed E-state index contributed by atoms with van der Waals surface area (Å²) in [7, 11) is 1.67. The van der Waals surface area contributed by atoms with Crippen molar-refractivity contribution in [3.05, 3.63) is 28.6 Å². The first-order valence-electron chi connectivity index (χ1n) is 3.52. The number of benzene rings is 1. The van der Waals surface area contributed by atoms with E-state index < -0.39 is 0 Å². The summed E-state index contributed by atoms with van der Waals surface area (Å²) in [5.74, 6) is 0.900. The number of rotatable bonds is 1. The Labute approximate surface area is 79.5 Å². The molecule has 0 bridgehead atoms. The lowest BCUT2D eigenvalue weighted by Gasteiger charge is -1.96. The van der Waals surface area contributed by atoms with E-state index in [-0.39, 0.29) is 0 Å². The van der Waals surface area contributed by atoms with Crippen LogP contribution >= 0.6 is 22.9 Å². The SMILES string of the molecule is COc1csc2ccc(Cl)cc12. The Hall–Kier alpha value is -0.730. The van der Waals surface area contributed by atoms with Crippen molar-refractivity contribution in [2.24, 2.45) is 0 Å². The van der Waals surface area contributed by atoms with Crippen LogP contribution in [0.25, 0.3) is 10.1 Å². The van der Waals surface area contributed by atoms with Crippen molar-refractivity contribution in [2.45, 2.75) is 0 Å². The molecule has 3 heteroatoms. The minimum Gasteiger partial charge on any atom is -0.495 e. The Bertz CT molecular complexity index is 408. The maximum absolute atomic E-state index is 5.85. The van der Waals surface area contributed by atoms with Crippen LogP contribution in [0.1, 0.15) is 0 Å². The van der Waals surface area contributed by atoms with Gasteiger partial charge in [-0.05, 0) is 18.2 Å². The molecule has 0 aliphatic rings. The van der Waals surface area contributed by atoms with Crippen LogP contribution in [0.3, 0.4) is 0 Å². The summed E-state index contributed by atoms with van der Waals surface area (Å²) >= 11 is 7.52. The fraction of sp³-hybridized carbons (Fsp3) is 0.111. The van der Waals surface area contributed by atoms with Crippen molar-refractivity contribution in [3.63, 3.8) is 0 Å². The summed E-state index contributed by atoms with van der Waals surface area (Å²) in [6, 6.07) is 5.82. The van der Waals surface area contributed by atoms with Gasteiger partial charge in [0.2, 0.25) is 0 Å². The fourth-order valence-electron chi connectivity index (χ4n) is 1.14. The number of halogens is 1. The van der Waals surface area contributed by atoms with Gasteiger partial charge in [-0.25, -0.2) is 0 Å². The van der Waals surface area contributed by atoms with E-state index in [0.717, 1.165) is 16.2 Å². The first-order valence-corrected chi connectivity index (χ1v) is 4.78. The third-order valence-electron chi connectivity index (χ3n) is 1.72. The summed E-state index contributed by atoms with van der Waals surface area (Å²) in [5.41, 5.74) is 0. The molecule has 0 amide bonds. The molecule has 0 aliphatic carbocycles. The van der Waals surface area contributed by atoms with Crippen LogP contribution in [-0.2, 0) is 0 Å². The van der Waals surface area contributed by atoms with E-state index in [1.54, 1.807) is 18.4 Å². The zero-order valence-electron chi connectivity index (χ0n) is 6.50. The molecule has 0 saturated heterocycles. The van der Waals surface area contributed by atoms with Crippen LogP contribution in [0.2, 0.25) is 5.02 Å². The summed E-state index contributed by atoms with van der Waals surface area (Å²) in [6.45, 7) is 0. The largest absolute Gasteiger partial charge is 0.495 e. The van der Waals surface area contributed by atoms with Gasteiger partial charge >= 0.3 is 0 Å². The van der Waals surface area contributed by atoms with E-state index in [4.69, 9.17) is 16.3 Å². The van der Waals surface area contributed by atoms with E-state index in [1.807, 2.05) is 23.6 Å². The zero-order valence-corrected chi connectivity index (χ0v) is 8.08. The highest BCUT2D eigenvalue weighted by molar-refractivity contribution is 7.17. The maximum atomic E-state index is 5.85. The molecule has 0 N–H and O–H groups in total. The van der Waals surface area contributed by atoms with Gasteiger partial charge in [0.1, 0.15) is 5.75 Å². The molecule has 1 aromatic carbocycles. The summed E-state index contributed by atoms with van der Waals surface area (Å²) in [4.78, 5) is 0. The molecule has 0 fully saturated rings. The summed E-state index contributed by atoms with van der Waals surface area (Å²) < 4.78 is 6.38. The van der Waals surface area contributed by atoms with Gasteiger partial charge in [-0.2, -0.15) is 0 Å². The van der Waals surface area contributed by atoms with E-state index in [1.165, 1.54) is 4.70 Å². The second kappa shape index (κ2) is 2.96. The summed E-state index contributed by atoms with van der Waals surface area (Å²) in [5, 5.41) is 3.83. The van der Waals surface area contributed by atoms with Gasteiger partial charge in [-0.15, -0.1) is 11.3 Å². The van der Waals surface area contributed by atoms with E-state index >= 15 is 0 Å². The Morgan fingerprint density at radius 3 is 3.00 bits per heavy atom. The quantitative estimate of drug-likeness (QED) is 0.681. The molecule has 0 radical (unpaired) electrons. The zero-order chi connectivity index (χ0) is 8.55. The minimum absolute atomic E-state index is 0.749. The number of ether oxygens (including phenoxy) is 1. The molecule has 0 aliphatic heterocycles. The average molecular weight is 199 g/mol. The highest BCUT2D eigenvalue weighted by Crippen LogP contribution is 2.33. The Morgan fingerprint density at radius 1 is 1.42 bits per heavy atom. The molecule has 0 unspecified atom stereocenters. The van der Waals surface area contributed by atoms with E-state index in [0.29, 0.717) is 0 Å². The molecule has 2 aromatic rings. The van der Waals surface area contributed by atoms with Crippen molar-refractivity contribution in [3.8, 4) is 5.75 Å². The molecule has 1 heterocycles. The van der Waals surface area contributed by atoms with Gasteiger partial charge < -0.3 is 4.74 Å². The molecule has 0 spiro atoms. The molecular weight excluding hydrogens is 192 g/mol. The predicted octanol–water partition coefficient (Wildman–Crippen LogP) is 3.56. The third kappa shape index (κ3) is 1.17. The molecule has 1 aromatic heterocycles. The Morgan fingerprint density at radius 2 is 2.25 bits per heavy atom. The van der Waals surface area contributed by atoms with E-state index in [2.05, 4.69) is 0 Å². The number of thiophene rings is 1. The molecule has 1 nitrogen and oxygen atoms in total. The van der Waals surface area contributed by atoms with Gasteiger partial charge in [-0.1, -0.05) is 11.6 Å². The standard InChI is InChI=1S/C9H7ClOS/c1-11-8-5-12-9-3-2-6(10)4-7(8)9/h2-5H,1H3. The summed E-state index contributed by atoms with van der Waals surface area (Å²) in [6.07, 6.45) is 0. The molecule has 62 valence electrons. The third-order valence-corrected chi connectivity index (χ3v) is 2.90. The van der Waals surface area contributed by atoms with Gasteiger partial charge in [0.05, 0.1) is 7.11 Å². The van der Waals surface area contributed by atoms with Crippen molar-refractivity contribution in [2.75, 3.05) is 7.11 Å². The highest BCUT2D eigenvalue weighted by Gasteiger charge is 2.03. The number of hydrogen-bond acceptors (Lipinski definition) is 2. The lowest BCUT2D eigenvalue weighted by atomic mass is 10.2. The van der Waals surface area contributed by atoms with Crippen molar-refractivity contribution in [1.29, 1.82) is 0 Å². The second-order valence-electron chi connectivity index (χ2n) is 2.44. The number of fused-ring (bicyclic) bond motifs is 1. The predicted molar refractivity (Wildman–Crippen MR) is 53.4 cm³/mol. The van der Waals surface area contributed by atoms with Crippen LogP contribution in [0.5, 0.6) is 5.75 Å². The molecule has 0 atom stereocenters. The normalized spacial score (nSPS) is 10.5. The molecule has 2 rings (SSSR count). The lowest BCUT2D eigenvalue weighted by Crippen LogP contribution is -1.78. The van der Waals surface area contributed by atoms with Crippen LogP contribution < -0.4 is 4.74 Å². The van der Waals surface area contributed by atoms with Gasteiger partial charge in [0.15, 0.2) is 0 Å². The Balaban J connectivity index is 2.75. The Kier molecular flexibility index (Phi) is 1.95. The van der Waals surface area contributed by atoms with Crippen LogP contribution in [-0.4, -0.2) is 7.11 Å². The van der Waals surface area contributed by atoms with Gasteiger partial charge in [0.25, 0.3) is 0 Å². The smallest absolute Gasteiger partial charge is 0.137 e. The fourth-order valence-corrected chi connectivity index (χ4v) is 2.20. The molecular formula is C9H7ClOS. The number of methoxy groups -OCH3 is 1. The van der Waals surface area contributed by atoms with Crippen molar-refractivity contribution < 1.29 is 4.74 Å². The monoisotopic (exact) mass is 198 g/mol. The highest BCUT2D eigenvalue weighted by atomic mass is 35.5. The van der Waals surface area contributed by atoms with Gasteiger partial charge in [0, 0.05) is 20.5 Å².